The van der Waals surface area contributed by atoms with Crippen LogP contribution in [0.15, 0.2) is 102 Å². The van der Waals surface area contributed by atoms with Crippen LogP contribution in [0.3, 0.4) is 0 Å². The molecule has 0 saturated carbocycles. The van der Waals surface area contributed by atoms with Crippen LogP contribution in [0.2, 0.25) is 10.0 Å². The minimum atomic E-state index is -0.495. The fraction of sp³-hybridized carbons (Fsp3) is 0.156. The average Bonchev–Trinajstić information content (AvgIpc) is 3.38. The molecule has 2 N–H and O–H groups in total. The zero-order valence-electron chi connectivity index (χ0n) is 22.6. The fourth-order valence-corrected chi connectivity index (χ4v) is 5.81. The summed E-state index contributed by atoms with van der Waals surface area (Å²) in [7, 11) is 0. The summed E-state index contributed by atoms with van der Waals surface area (Å²) in [6, 6.07) is 30.7. The van der Waals surface area contributed by atoms with Gasteiger partial charge in [0.05, 0.1) is 16.8 Å². The molecule has 6 nitrogen and oxygen atoms in total. The molecule has 0 saturated heterocycles. The third-order valence-corrected chi connectivity index (χ3v) is 8.03. The van der Waals surface area contributed by atoms with Crippen LogP contribution in [0.5, 0.6) is 0 Å². The number of urea groups is 1. The fourth-order valence-electron chi connectivity index (χ4n) is 4.45. The van der Waals surface area contributed by atoms with Crippen LogP contribution in [-0.2, 0) is 12.2 Å². The zero-order chi connectivity index (χ0) is 28.8. The summed E-state index contributed by atoms with van der Waals surface area (Å²) < 4.78 is 2.03. The predicted octanol–water partition coefficient (Wildman–Crippen LogP) is 8.59. The van der Waals surface area contributed by atoms with E-state index in [1.807, 2.05) is 47.0 Å². The number of hydrogen-bond donors (Lipinski definition) is 2. The van der Waals surface area contributed by atoms with E-state index in [-0.39, 0.29) is 0 Å². The summed E-state index contributed by atoms with van der Waals surface area (Å²) in [6.45, 7) is 4.14. The number of nitrogens with one attached hydrogen (secondary N) is 2. The molecule has 1 atom stereocenters. The standard InChI is InChI=1S/C32H29Cl2N5OS/c1-21-11-14-26(15-12-21)39-30(37-38-32(39)41-20-24-10-6-7-22(2)17-24)29(18-23-8-4-3-5-9-23)36-31(40)35-28-16-13-25(33)19-27(28)34/h3-17,19,29H,18,20H2,1-2H3,(H2,35,36,40). The van der Waals surface area contributed by atoms with Crippen molar-refractivity contribution in [1.82, 2.24) is 20.1 Å². The Hall–Kier alpha value is -3.78. The summed E-state index contributed by atoms with van der Waals surface area (Å²) in [6.07, 6.45) is 0.509. The molecule has 0 aliphatic carbocycles. The Labute approximate surface area is 254 Å². The minimum absolute atomic E-state index is 0.352. The molecule has 1 aromatic heterocycles. The number of hydrogen-bond acceptors (Lipinski definition) is 4. The number of halogens is 2. The molecule has 208 valence electrons. The largest absolute Gasteiger partial charge is 0.327 e. The second kappa shape index (κ2) is 13.3. The third-order valence-electron chi connectivity index (χ3n) is 6.48. The average molecular weight is 603 g/mol. The molecule has 1 heterocycles. The number of aromatic nitrogens is 3. The summed E-state index contributed by atoms with van der Waals surface area (Å²) >= 11 is 14.0. The van der Waals surface area contributed by atoms with E-state index in [0.717, 1.165) is 27.7 Å². The molecule has 1 unspecified atom stereocenters. The van der Waals surface area contributed by atoms with E-state index >= 15 is 0 Å². The summed E-state index contributed by atoms with van der Waals surface area (Å²) in [5, 5.41) is 16.8. The Morgan fingerprint density at radius 3 is 2.34 bits per heavy atom. The number of anilines is 1. The van der Waals surface area contributed by atoms with E-state index in [2.05, 4.69) is 71.1 Å². The van der Waals surface area contributed by atoms with Gasteiger partial charge in [-0.25, -0.2) is 4.79 Å². The monoisotopic (exact) mass is 601 g/mol. The summed E-state index contributed by atoms with van der Waals surface area (Å²) in [5.74, 6) is 1.36. The van der Waals surface area contributed by atoms with E-state index < -0.39 is 12.1 Å². The number of thioether (sulfide) groups is 1. The molecule has 4 aromatic carbocycles. The first-order chi connectivity index (χ1) is 19.9. The maximum absolute atomic E-state index is 13.3. The number of rotatable bonds is 9. The van der Waals surface area contributed by atoms with Gasteiger partial charge < -0.3 is 10.6 Å². The molecule has 0 aliphatic heterocycles. The highest BCUT2D eigenvalue weighted by Crippen LogP contribution is 2.30. The van der Waals surface area contributed by atoms with Crippen molar-refractivity contribution in [2.45, 2.75) is 37.2 Å². The third kappa shape index (κ3) is 7.50. The smallest absolute Gasteiger partial charge is 0.319 e. The van der Waals surface area contributed by atoms with Crippen molar-refractivity contribution in [2.75, 3.05) is 5.32 Å². The van der Waals surface area contributed by atoms with Gasteiger partial charge >= 0.3 is 6.03 Å². The Morgan fingerprint density at radius 1 is 0.854 bits per heavy atom. The maximum atomic E-state index is 13.3. The number of aryl methyl sites for hydroxylation is 2. The van der Waals surface area contributed by atoms with Gasteiger partial charge in [0.1, 0.15) is 0 Å². The van der Waals surface area contributed by atoms with Crippen LogP contribution in [0.4, 0.5) is 10.5 Å². The van der Waals surface area contributed by atoms with Crippen molar-refractivity contribution in [3.63, 3.8) is 0 Å². The lowest BCUT2D eigenvalue weighted by atomic mass is 10.1. The lowest BCUT2D eigenvalue weighted by molar-refractivity contribution is 0.247. The van der Waals surface area contributed by atoms with Crippen LogP contribution in [0.25, 0.3) is 5.69 Å². The summed E-state index contributed by atoms with van der Waals surface area (Å²) in [5.41, 5.74) is 5.99. The molecule has 0 bridgehead atoms. The number of benzene rings is 4. The van der Waals surface area contributed by atoms with Gasteiger partial charge in [0, 0.05) is 22.9 Å². The predicted molar refractivity (Wildman–Crippen MR) is 168 cm³/mol. The molecule has 0 aliphatic rings. The maximum Gasteiger partial charge on any atom is 0.319 e. The lowest BCUT2D eigenvalue weighted by Gasteiger charge is -2.21. The zero-order valence-corrected chi connectivity index (χ0v) is 25.0. The Morgan fingerprint density at radius 2 is 1.61 bits per heavy atom. The van der Waals surface area contributed by atoms with Crippen molar-refractivity contribution in [2.24, 2.45) is 0 Å². The van der Waals surface area contributed by atoms with Crippen molar-refractivity contribution < 1.29 is 4.79 Å². The first-order valence-corrected chi connectivity index (χ1v) is 14.9. The number of carbonyl (C=O) groups is 1. The van der Waals surface area contributed by atoms with Crippen molar-refractivity contribution >= 4 is 46.7 Å². The number of carbonyl (C=O) groups excluding carboxylic acids is 1. The second-order valence-electron chi connectivity index (χ2n) is 9.75. The highest BCUT2D eigenvalue weighted by Gasteiger charge is 2.25. The van der Waals surface area contributed by atoms with Crippen LogP contribution >= 0.6 is 35.0 Å². The van der Waals surface area contributed by atoms with Crippen LogP contribution in [0, 0.1) is 13.8 Å². The van der Waals surface area contributed by atoms with Gasteiger partial charge in [0.25, 0.3) is 0 Å². The lowest BCUT2D eigenvalue weighted by Crippen LogP contribution is -2.35. The Balaban J connectivity index is 1.50. The topological polar surface area (TPSA) is 71.8 Å². The molecular formula is C32H29Cl2N5OS. The molecule has 9 heteroatoms. The molecule has 0 fully saturated rings. The van der Waals surface area contributed by atoms with Crippen LogP contribution < -0.4 is 10.6 Å². The molecule has 41 heavy (non-hydrogen) atoms. The van der Waals surface area contributed by atoms with Crippen molar-refractivity contribution in [3.05, 3.63) is 135 Å². The SMILES string of the molecule is Cc1ccc(-n2c(SCc3cccc(C)c3)nnc2C(Cc2ccccc2)NC(=O)Nc2ccc(Cl)cc2Cl)cc1. The van der Waals surface area contributed by atoms with Gasteiger partial charge in [-0.2, -0.15) is 0 Å². The molecule has 2 amide bonds. The first-order valence-electron chi connectivity index (χ1n) is 13.1. The highest BCUT2D eigenvalue weighted by molar-refractivity contribution is 7.98. The van der Waals surface area contributed by atoms with E-state index in [1.165, 1.54) is 11.1 Å². The first kappa shape index (κ1) is 28.7. The quantitative estimate of drug-likeness (QED) is 0.166. The Kier molecular flexibility index (Phi) is 9.29. The van der Waals surface area contributed by atoms with Gasteiger partial charge in [-0.05, 0) is 55.3 Å². The molecular weight excluding hydrogens is 573 g/mol. The molecule has 0 radical (unpaired) electrons. The van der Waals surface area contributed by atoms with Crippen molar-refractivity contribution in [3.8, 4) is 5.69 Å². The van der Waals surface area contributed by atoms with E-state index in [4.69, 9.17) is 23.2 Å². The van der Waals surface area contributed by atoms with Gasteiger partial charge in [0.15, 0.2) is 11.0 Å². The molecule has 5 rings (SSSR count). The molecule has 5 aromatic rings. The second-order valence-corrected chi connectivity index (χ2v) is 11.5. The van der Waals surface area contributed by atoms with E-state index in [0.29, 0.717) is 28.0 Å². The van der Waals surface area contributed by atoms with Crippen LogP contribution in [0.1, 0.15) is 34.1 Å². The normalized spacial score (nSPS) is 11.7. The van der Waals surface area contributed by atoms with Gasteiger partial charge in [0.2, 0.25) is 0 Å². The number of nitrogens with zero attached hydrogens (tertiary/aromatic N) is 3. The summed E-state index contributed by atoms with van der Waals surface area (Å²) in [4.78, 5) is 13.3. The van der Waals surface area contributed by atoms with Crippen molar-refractivity contribution in [1.29, 1.82) is 0 Å². The van der Waals surface area contributed by atoms with E-state index in [1.54, 1.807) is 30.0 Å². The highest BCUT2D eigenvalue weighted by atomic mass is 35.5. The number of amides is 2. The van der Waals surface area contributed by atoms with E-state index in [9.17, 15) is 4.79 Å². The van der Waals surface area contributed by atoms with Gasteiger partial charge in [-0.15, -0.1) is 10.2 Å². The van der Waals surface area contributed by atoms with Crippen LogP contribution in [-0.4, -0.2) is 20.8 Å². The minimum Gasteiger partial charge on any atom is -0.327 e. The van der Waals surface area contributed by atoms with Gasteiger partial charge in [-0.1, -0.05) is 113 Å². The van der Waals surface area contributed by atoms with Gasteiger partial charge in [-0.3, -0.25) is 4.57 Å². The Bertz CT molecular complexity index is 1640. The molecule has 0 spiro atoms.